The van der Waals surface area contributed by atoms with E-state index in [1.54, 1.807) is 45.4 Å². The summed E-state index contributed by atoms with van der Waals surface area (Å²) < 4.78 is 12.4. The van der Waals surface area contributed by atoms with Crippen molar-refractivity contribution in [3.8, 4) is 0 Å². The molecule has 8 nitrogen and oxygen atoms in total. The number of hydrogen-bond acceptors (Lipinski definition) is 5. The third-order valence-corrected chi connectivity index (χ3v) is 2.86. The Kier molecular flexibility index (Phi) is 5.62. The number of aromatic nitrogens is 2. The molecule has 2 heterocycles. The summed E-state index contributed by atoms with van der Waals surface area (Å²) in [5.74, 6) is 0.547. The van der Waals surface area contributed by atoms with Crippen LogP contribution in [0.25, 0.3) is 0 Å². The van der Waals surface area contributed by atoms with Gasteiger partial charge in [-0.25, -0.2) is 9.78 Å². The molecule has 0 aliphatic carbocycles. The second-order valence-electron chi connectivity index (χ2n) is 6.19. The fraction of sp³-hybridized carbons (Fsp3) is 0.438. The van der Waals surface area contributed by atoms with Crippen molar-refractivity contribution in [3.05, 3.63) is 42.4 Å². The van der Waals surface area contributed by atoms with Crippen LogP contribution in [0.15, 0.2) is 35.3 Å². The summed E-state index contributed by atoms with van der Waals surface area (Å²) in [5, 5.41) is 5.23. The van der Waals surface area contributed by atoms with Crippen LogP contribution in [0.3, 0.4) is 0 Å². The largest absolute Gasteiger partial charge is 0.454 e. The minimum Gasteiger partial charge on any atom is -0.454 e. The van der Waals surface area contributed by atoms with Crippen molar-refractivity contribution in [3.63, 3.8) is 0 Å². The van der Waals surface area contributed by atoms with Gasteiger partial charge in [0.25, 0.3) is 5.91 Å². The first-order chi connectivity index (χ1) is 11.3. The van der Waals surface area contributed by atoms with E-state index >= 15 is 0 Å². The second-order valence-corrected chi connectivity index (χ2v) is 6.19. The topological polar surface area (TPSA) is 98.4 Å². The van der Waals surface area contributed by atoms with E-state index in [-0.39, 0.29) is 24.8 Å². The molecule has 0 spiro atoms. The number of furan rings is 1. The Hall–Kier alpha value is -2.77. The third-order valence-electron chi connectivity index (χ3n) is 2.86. The molecule has 2 aromatic rings. The van der Waals surface area contributed by atoms with Gasteiger partial charge < -0.3 is 24.4 Å². The highest BCUT2D eigenvalue weighted by Gasteiger charge is 2.16. The van der Waals surface area contributed by atoms with Gasteiger partial charge in [-0.3, -0.25) is 4.79 Å². The molecular weight excluding hydrogens is 312 g/mol. The molecule has 8 heteroatoms. The van der Waals surface area contributed by atoms with Gasteiger partial charge in [0.1, 0.15) is 11.4 Å². The van der Waals surface area contributed by atoms with E-state index in [0.29, 0.717) is 12.3 Å². The van der Waals surface area contributed by atoms with Crippen LogP contribution in [-0.2, 0) is 11.3 Å². The number of ether oxygens (including phenoxy) is 1. The standard InChI is InChI=1S/C16H22N4O4/c1-16(2,3)24-15(22)19-7-6-18-14(21)13-5-4-12(23-13)10-20-9-8-17-11-20/h4-5,8-9,11H,6-7,10H2,1-3H3,(H,18,21)(H,19,22). The molecule has 0 radical (unpaired) electrons. The summed E-state index contributed by atoms with van der Waals surface area (Å²) in [5.41, 5.74) is -0.548. The van der Waals surface area contributed by atoms with Crippen molar-refractivity contribution in [1.29, 1.82) is 0 Å². The minimum absolute atomic E-state index is 0.224. The molecule has 0 fully saturated rings. The molecule has 0 bridgehead atoms. The smallest absolute Gasteiger partial charge is 0.407 e. The summed E-state index contributed by atoms with van der Waals surface area (Å²) in [6.45, 7) is 6.40. The molecule has 0 unspecified atom stereocenters. The highest BCUT2D eigenvalue weighted by Crippen LogP contribution is 2.09. The van der Waals surface area contributed by atoms with Crippen LogP contribution in [0.2, 0.25) is 0 Å². The first kappa shape index (κ1) is 17.6. The molecule has 2 amide bonds. The molecular formula is C16H22N4O4. The van der Waals surface area contributed by atoms with E-state index in [2.05, 4.69) is 15.6 Å². The van der Waals surface area contributed by atoms with Gasteiger partial charge in [-0.05, 0) is 32.9 Å². The number of carbonyl (C=O) groups excluding carboxylic acids is 2. The molecule has 130 valence electrons. The van der Waals surface area contributed by atoms with Crippen molar-refractivity contribution in [2.24, 2.45) is 0 Å². The number of nitrogens with zero attached hydrogens (tertiary/aromatic N) is 2. The Morgan fingerprint density at radius 3 is 2.67 bits per heavy atom. The number of alkyl carbamates (subject to hydrolysis) is 1. The zero-order valence-corrected chi connectivity index (χ0v) is 14.0. The van der Waals surface area contributed by atoms with Crippen LogP contribution in [0.5, 0.6) is 0 Å². The van der Waals surface area contributed by atoms with Crippen molar-refractivity contribution < 1.29 is 18.7 Å². The Balaban J connectivity index is 1.71. The molecule has 0 aromatic carbocycles. The number of nitrogens with one attached hydrogen (secondary N) is 2. The summed E-state index contributed by atoms with van der Waals surface area (Å²) in [6, 6.07) is 3.36. The molecule has 2 rings (SSSR count). The number of rotatable bonds is 6. The average molecular weight is 334 g/mol. The van der Waals surface area contributed by atoms with Crippen LogP contribution >= 0.6 is 0 Å². The average Bonchev–Trinajstić information content (AvgIpc) is 3.13. The van der Waals surface area contributed by atoms with E-state index in [1.807, 2.05) is 10.8 Å². The minimum atomic E-state index is -0.548. The number of hydrogen-bond donors (Lipinski definition) is 2. The van der Waals surface area contributed by atoms with E-state index in [1.165, 1.54) is 0 Å². The zero-order chi connectivity index (χ0) is 17.6. The SMILES string of the molecule is CC(C)(C)OC(=O)NCCNC(=O)c1ccc(Cn2ccnc2)o1. The maximum atomic E-state index is 12.0. The number of carbonyl (C=O) groups is 2. The zero-order valence-electron chi connectivity index (χ0n) is 14.0. The summed E-state index contributed by atoms with van der Waals surface area (Å²) in [4.78, 5) is 27.4. The lowest BCUT2D eigenvalue weighted by atomic mass is 10.2. The van der Waals surface area contributed by atoms with Crippen molar-refractivity contribution >= 4 is 12.0 Å². The van der Waals surface area contributed by atoms with Gasteiger partial charge in [0.2, 0.25) is 0 Å². The fourth-order valence-electron chi connectivity index (χ4n) is 1.89. The Labute approximate surface area is 140 Å². The Bertz CT molecular complexity index is 671. The van der Waals surface area contributed by atoms with Gasteiger partial charge in [0, 0.05) is 25.5 Å². The van der Waals surface area contributed by atoms with Gasteiger partial charge in [-0.15, -0.1) is 0 Å². The maximum absolute atomic E-state index is 12.0. The van der Waals surface area contributed by atoms with E-state index in [9.17, 15) is 9.59 Å². The van der Waals surface area contributed by atoms with Gasteiger partial charge in [0.15, 0.2) is 5.76 Å². The number of imidazole rings is 1. The van der Waals surface area contributed by atoms with Gasteiger partial charge in [-0.1, -0.05) is 0 Å². The monoisotopic (exact) mass is 334 g/mol. The van der Waals surface area contributed by atoms with Crippen molar-refractivity contribution in [2.75, 3.05) is 13.1 Å². The van der Waals surface area contributed by atoms with E-state index in [4.69, 9.17) is 9.15 Å². The van der Waals surface area contributed by atoms with Gasteiger partial charge in [0.05, 0.1) is 12.9 Å². The highest BCUT2D eigenvalue weighted by molar-refractivity contribution is 5.91. The number of amides is 2. The van der Waals surface area contributed by atoms with Crippen LogP contribution in [0, 0.1) is 0 Å². The predicted molar refractivity (Wildman–Crippen MR) is 86.6 cm³/mol. The lowest BCUT2D eigenvalue weighted by molar-refractivity contribution is 0.0526. The predicted octanol–water partition coefficient (Wildman–Crippen LogP) is 1.78. The molecule has 0 aliphatic rings. The highest BCUT2D eigenvalue weighted by atomic mass is 16.6. The first-order valence-electron chi connectivity index (χ1n) is 7.63. The lowest BCUT2D eigenvalue weighted by Crippen LogP contribution is -2.37. The van der Waals surface area contributed by atoms with Crippen LogP contribution in [0.4, 0.5) is 4.79 Å². The fourth-order valence-corrected chi connectivity index (χ4v) is 1.89. The van der Waals surface area contributed by atoms with Crippen LogP contribution in [-0.4, -0.2) is 40.2 Å². The molecule has 0 atom stereocenters. The van der Waals surface area contributed by atoms with Crippen LogP contribution < -0.4 is 10.6 Å². The quantitative estimate of drug-likeness (QED) is 0.785. The first-order valence-corrected chi connectivity index (χ1v) is 7.63. The maximum Gasteiger partial charge on any atom is 0.407 e. The van der Waals surface area contributed by atoms with E-state index in [0.717, 1.165) is 0 Å². The van der Waals surface area contributed by atoms with Gasteiger partial charge >= 0.3 is 6.09 Å². The van der Waals surface area contributed by atoms with E-state index < -0.39 is 11.7 Å². The van der Waals surface area contributed by atoms with Crippen LogP contribution in [0.1, 0.15) is 37.1 Å². The summed E-state index contributed by atoms with van der Waals surface area (Å²) in [7, 11) is 0. The Morgan fingerprint density at radius 2 is 2.00 bits per heavy atom. The summed E-state index contributed by atoms with van der Waals surface area (Å²) in [6.07, 6.45) is 4.64. The molecule has 2 N–H and O–H groups in total. The van der Waals surface area contributed by atoms with Crippen molar-refractivity contribution in [2.45, 2.75) is 32.9 Å². The molecule has 0 saturated heterocycles. The molecule has 24 heavy (non-hydrogen) atoms. The third kappa shape index (κ3) is 5.79. The normalized spacial score (nSPS) is 11.1. The van der Waals surface area contributed by atoms with Gasteiger partial charge in [-0.2, -0.15) is 0 Å². The molecule has 0 aliphatic heterocycles. The lowest BCUT2D eigenvalue weighted by Gasteiger charge is -2.19. The summed E-state index contributed by atoms with van der Waals surface area (Å²) >= 11 is 0. The molecule has 2 aromatic heterocycles. The molecule has 0 saturated carbocycles. The second kappa shape index (κ2) is 7.67. The van der Waals surface area contributed by atoms with Crippen molar-refractivity contribution in [1.82, 2.24) is 20.2 Å². The Morgan fingerprint density at radius 1 is 1.25 bits per heavy atom.